The van der Waals surface area contributed by atoms with E-state index < -0.39 is 0 Å². The number of rotatable bonds is 0. The molecule has 0 radical (unpaired) electrons. The smallest absolute Gasteiger partial charge is 0.0184 e. The lowest BCUT2D eigenvalue weighted by atomic mass is 9.95. The molecule has 46 aliphatic rings. The van der Waals surface area contributed by atoms with Crippen molar-refractivity contribution in [3.63, 3.8) is 0 Å². The van der Waals surface area contributed by atoms with Crippen LogP contribution in [0.1, 0.15) is 0 Å². The molecule has 448 valence electrons. The molecule has 46 aliphatic carbocycles. The van der Waals surface area contributed by atoms with Crippen molar-refractivity contribution in [3.8, 4) is 178 Å². The van der Waals surface area contributed by atoms with Crippen LogP contribution in [-0.2, 0) is 0 Å². The first-order chi connectivity index (χ1) is 47.5. The SMILES string of the molecule is c1cc2ccc1-c1ccc(cc1)-c1ccc(cc1)-c1ccc(cc1)-c1ccc(cc1)-c1ccc(cc1)-c1ccc(cc1)-c1ccc(cc1)-c1ccc(cc1)-c1ccc(cc1)-c1ccc(cc1)-c1ccc(cc1)-c1ccc(cc1)-c1ccc(cc1)-c1ccc(cc1)-c1ccc-2cc1. The molecule has 0 nitrogen and oxygen atoms in total. The number of hydrogen-bond donors (Lipinski definition) is 0. The van der Waals surface area contributed by atoms with Gasteiger partial charge >= 0.3 is 0 Å². The molecule has 0 heteroatoms. The van der Waals surface area contributed by atoms with E-state index in [0.717, 1.165) is 0 Å². The zero-order valence-electron chi connectivity index (χ0n) is 53.0. The maximum absolute atomic E-state index is 2.23. The van der Waals surface area contributed by atoms with Crippen molar-refractivity contribution in [2.75, 3.05) is 0 Å². The van der Waals surface area contributed by atoms with Crippen LogP contribution in [0.3, 0.4) is 0 Å². The Labute approximate surface area is 562 Å². The van der Waals surface area contributed by atoms with E-state index >= 15 is 0 Å². The van der Waals surface area contributed by atoms with Gasteiger partial charge in [-0.05, 0) is 178 Å². The fourth-order valence-corrected chi connectivity index (χ4v) is 13.7. The fourth-order valence-electron chi connectivity index (χ4n) is 13.7. The highest BCUT2D eigenvalue weighted by Crippen LogP contribution is 2.37. The van der Waals surface area contributed by atoms with Crippen molar-refractivity contribution < 1.29 is 0 Å². The molecular formula is C96H64. The van der Waals surface area contributed by atoms with Crippen molar-refractivity contribution in [1.29, 1.82) is 0 Å². The molecule has 0 atom stereocenters. The minimum absolute atomic E-state index is 1.20. The van der Waals surface area contributed by atoms with E-state index in [-0.39, 0.29) is 0 Å². The van der Waals surface area contributed by atoms with Crippen LogP contribution in [-0.4, -0.2) is 0 Å². The molecule has 16 aromatic carbocycles. The lowest BCUT2D eigenvalue weighted by Gasteiger charge is -2.10. The second-order valence-corrected chi connectivity index (χ2v) is 25.2. The Morgan fingerprint density at radius 1 is 0.0417 bits per heavy atom. The highest BCUT2D eigenvalue weighted by atomic mass is 14.2. The number of hydrogen-bond acceptors (Lipinski definition) is 0. The average Bonchev–Trinajstić information content (AvgIpc) is 1.23. The van der Waals surface area contributed by atoms with E-state index in [0.29, 0.717) is 0 Å². The quantitative estimate of drug-likeness (QED) is 0.142. The predicted octanol–water partition coefficient (Wildman–Crippen LogP) is 26.7. The summed E-state index contributed by atoms with van der Waals surface area (Å²) in [6.45, 7) is 0. The molecule has 0 unspecified atom stereocenters. The van der Waals surface area contributed by atoms with Crippen LogP contribution in [0.15, 0.2) is 388 Å². The van der Waals surface area contributed by atoms with Crippen molar-refractivity contribution in [2.24, 2.45) is 0 Å². The molecule has 96 heavy (non-hydrogen) atoms. The van der Waals surface area contributed by atoms with Gasteiger partial charge in [-0.15, -0.1) is 0 Å². The third-order valence-electron chi connectivity index (χ3n) is 19.5. The molecule has 16 aromatic rings. The third-order valence-corrected chi connectivity index (χ3v) is 19.5. The van der Waals surface area contributed by atoms with Crippen LogP contribution in [0, 0.1) is 0 Å². The van der Waals surface area contributed by atoms with Crippen LogP contribution >= 0.6 is 0 Å². The van der Waals surface area contributed by atoms with Gasteiger partial charge in [-0.25, -0.2) is 0 Å². The molecule has 0 spiro atoms. The molecule has 0 N–H and O–H groups in total. The molecule has 62 rings (SSSR count). The first-order valence-corrected chi connectivity index (χ1v) is 33.1. The van der Waals surface area contributed by atoms with E-state index in [4.69, 9.17) is 0 Å². The zero-order valence-corrected chi connectivity index (χ0v) is 53.0. The standard InChI is InChI=1S/C96H64/c1-2-66-4-3-65(1)67-5-7-69(8-6-67)71-13-15-73(16-14-71)75-21-23-77(24-22-75)79-29-31-81(32-30-79)83-37-39-85(40-38-83)87-45-47-89(48-46-87)91-53-55-93(56-54-91)95-61-63-96(64-62-95)94-59-57-92(58-60-94)90-51-49-88(50-52-90)86-43-41-84(42-44-86)82-35-33-80(34-36-82)78-27-25-76(26-28-78)74-19-17-72(18-20-74)70-11-9-68(66)10-12-70/h1-64H. The second-order valence-electron chi connectivity index (χ2n) is 25.2. The van der Waals surface area contributed by atoms with E-state index in [1.807, 2.05) is 0 Å². The highest BCUT2D eigenvalue weighted by Gasteiger charge is 2.12. The predicted molar refractivity (Wildman–Crippen MR) is 407 cm³/mol. The van der Waals surface area contributed by atoms with E-state index in [1.54, 1.807) is 0 Å². The Balaban J connectivity index is 0.604. The molecule has 0 amide bonds. The summed E-state index contributed by atoms with van der Waals surface area (Å²) < 4.78 is 0. The van der Waals surface area contributed by atoms with Gasteiger partial charge in [0.2, 0.25) is 0 Å². The summed E-state index contributed by atoms with van der Waals surface area (Å²) in [4.78, 5) is 0. The molecule has 32 bridgehead atoms. The van der Waals surface area contributed by atoms with E-state index in [2.05, 4.69) is 388 Å². The zero-order chi connectivity index (χ0) is 63.7. The van der Waals surface area contributed by atoms with Gasteiger partial charge in [-0.3, -0.25) is 0 Å². The monoisotopic (exact) mass is 1220 g/mol. The molecule has 0 fully saturated rings. The topological polar surface area (TPSA) is 0 Å². The first kappa shape index (κ1) is 57.4. The Kier molecular flexibility index (Phi) is 15.1. The summed E-state index contributed by atoms with van der Waals surface area (Å²) >= 11 is 0. The first-order valence-electron chi connectivity index (χ1n) is 33.1. The van der Waals surface area contributed by atoms with Crippen LogP contribution in [0.25, 0.3) is 178 Å². The minimum Gasteiger partial charge on any atom is -0.0538 e. The highest BCUT2D eigenvalue weighted by molar-refractivity contribution is 5.83. The van der Waals surface area contributed by atoms with E-state index in [9.17, 15) is 0 Å². The van der Waals surface area contributed by atoms with Gasteiger partial charge in [0.1, 0.15) is 0 Å². The van der Waals surface area contributed by atoms with Crippen LogP contribution in [0.4, 0.5) is 0 Å². The molecular weight excluding hydrogens is 1150 g/mol. The summed E-state index contributed by atoms with van der Waals surface area (Å²) in [6, 6.07) is 143. The van der Waals surface area contributed by atoms with Gasteiger partial charge < -0.3 is 0 Å². The lowest BCUT2D eigenvalue weighted by molar-refractivity contribution is 1.55. The van der Waals surface area contributed by atoms with Gasteiger partial charge in [-0.1, -0.05) is 388 Å². The van der Waals surface area contributed by atoms with Crippen LogP contribution in [0.2, 0.25) is 0 Å². The Bertz CT molecular complexity index is 3610. The van der Waals surface area contributed by atoms with Gasteiger partial charge in [0.25, 0.3) is 0 Å². The maximum atomic E-state index is 2.23. The average molecular weight is 1220 g/mol. The van der Waals surface area contributed by atoms with Crippen molar-refractivity contribution in [2.45, 2.75) is 0 Å². The van der Waals surface area contributed by atoms with Gasteiger partial charge in [-0.2, -0.15) is 0 Å². The molecule has 0 saturated heterocycles. The molecule has 0 heterocycles. The summed E-state index contributed by atoms with van der Waals surface area (Å²) in [5, 5.41) is 0. The minimum atomic E-state index is 1.20. The summed E-state index contributed by atoms with van der Waals surface area (Å²) in [6.07, 6.45) is 0. The van der Waals surface area contributed by atoms with Crippen molar-refractivity contribution in [1.82, 2.24) is 0 Å². The number of benzene rings is 16. The van der Waals surface area contributed by atoms with Gasteiger partial charge in [0.15, 0.2) is 0 Å². The van der Waals surface area contributed by atoms with Crippen molar-refractivity contribution >= 4 is 0 Å². The Morgan fingerprint density at radius 2 is 0.0625 bits per heavy atom. The Hall–Kier alpha value is -12.5. The van der Waals surface area contributed by atoms with E-state index in [1.165, 1.54) is 178 Å². The third kappa shape index (κ3) is 11.8. The molecule has 0 saturated carbocycles. The van der Waals surface area contributed by atoms with Crippen LogP contribution in [0.5, 0.6) is 0 Å². The molecule has 0 aliphatic heterocycles. The lowest BCUT2D eigenvalue weighted by Crippen LogP contribution is -1.85. The second kappa shape index (κ2) is 25.2. The molecule has 0 aromatic heterocycles. The van der Waals surface area contributed by atoms with Crippen molar-refractivity contribution in [3.05, 3.63) is 388 Å². The Morgan fingerprint density at radius 3 is 0.0833 bits per heavy atom. The summed E-state index contributed by atoms with van der Waals surface area (Å²) in [7, 11) is 0. The van der Waals surface area contributed by atoms with Crippen LogP contribution < -0.4 is 0 Å². The normalized spacial score (nSPS) is 11.3. The summed E-state index contributed by atoms with van der Waals surface area (Å²) in [5.41, 5.74) is 38.4. The van der Waals surface area contributed by atoms with Gasteiger partial charge in [0, 0.05) is 0 Å². The largest absolute Gasteiger partial charge is 0.0538 e. The van der Waals surface area contributed by atoms with Gasteiger partial charge in [0.05, 0.1) is 0 Å². The maximum Gasteiger partial charge on any atom is -0.0184 e. The fraction of sp³-hybridized carbons (Fsp3) is 0. The summed E-state index contributed by atoms with van der Waals surface area (Å²) in [5.74, 6) is 0.